The van der Waals surface area contributed by atoms with E-state index in [2.05, 4.69) is 15.0 Å². The van der Waals surface area contributed by atoms with Crippen LogP contribution in [0.25, 0.3) is 11.2 Å². The van der Waals surface area contributed by atoms with Gasteiger partial charge in [0, 0.05) is 6.54 Å². The summed E-state index contributed by atoms with van der Waals surface area (Å²) in [6.07, 6.45) is 1.77. The van der Waals surface area contributed by atoms with E-state index in [-0.39, 0.29) is 22.8 Å². The fraction of sp³-hybridized carbons (Fsp3) is 0.444. The number of nitrogens with one attached hydrogen (secondary N) is 2. The zero-order chi connectivity index (χ0) is 11.7. The van der Waals surface area contributed by atoms with Crippen molar-refractivity contribution >= 4 is 17.1 Å². The number of H-pyrrole nitrogens is 2. The van der Waals surface area contributed by atoms with Gasteiger partial charge >= 0.3 is 5.69 Å². The molecule has 4 N–H and O–H groups in total. The Morgan fingerprint density at radius 1 is 1.38 bits per heavy atom. The lowest BCUT2D eigenvalue weighted by atomic mass is 10.3. The second kappa shape index (κ2) is 3.84. The largest absolute Gasteiger partial charge is 0.369 e. The van der Waals surface area contributed by atoms with Gasteiger partial charge in [-0.3, -0.25) is 19.3 Å². The Kier molecular flexibility index (Phi) is 2.51. The normalized spacial score (nSPS) is 11.1. The number of anilines is 1. The Labute approximate surface area is 90.3 Å². The maximum Gasteiger partial charge on any atom is 0.327 e. The van der Waals surface area contributed by atoms with Crippen LogP contribution in [0.1, 0.15) is 19.8 Å². The first-order valence-electron chi connectivity index (χ1n) is 5.11. The zero-order valence-corrected chi connectivity index (χ0v) is 8.91. The molecular weight excluding hydrogens is 210 g/mol. The zero-order valence-electron chi connectivity index (χ0n) is 8.91. The third-order valence-electron chi connectivity index (χ3n) is 2.39. The minimum absolute atomic E-state index is 0.00129. The molecule has 0 saturated carbocycles. The number of aryl methyl sites for hydroxylation is 1. The summed E-state index contributed by atoms with van der Waals surface area (Å²) < 4.78 is 1.39. The van der Waals surface area contributed by atoms with Crippen molar-refractivity contribution < 1.29 is 0 Å². The minimum Gasteiger partial charge on any atom is -0.369 e. The molecule has 7 nitrogen and oxygen atoms in total. The average molecular weight is 223 g/mol. The van der Waals surface area contributed by atoms with E-state index in [1.54, 1.807) is 0 Å². The predicted molar refractivity (Wildman–Crippen MR) is 60.3 cm³/mol. The number of aromatic amines is 2. The molecule has 0 aliphatic rings. The molecule has 2 rings (SSSR count). The number of unbranched alkanes of at least 4 members (excludes halogenated alkanes) is 1. The highest BCUT2D eigenvalue weighted by Gasteiger charge is 2.11. The standard InChI is InChI=1S/C9H13N5O2/c1-2-3-4-14-5-6(12-9(14)16)11-8(10)13-7(5)15/h2-4H2,1H3,(H4,10,11,12,13,15,16). The summed E-state index contributed by atoms with van der Waals surface area (Å²) >= 11 is 0. The quantitative estimate of drug-likeness (QED) is 0.669. The number of imidazole rings is 1. The molecule has 0 unspecified atom stereocenters. The molecule has 0 bridgehead atoms. The molecule has 0 saturated heterocycles. The highest BCUT2D eigenvalue weighted by atomic mass is 16.2. The van der Waals surface area contributed by atoms with E-state index < -0.39 is 5.56 Å². The van der Waals surface area contributed by atoms with Gasteiger partial charge in [-0.2, -0.15) is 4.98 Å². The monoisotopic (exact) mass is 223 g/mol. The van der Waals surface area contributed by atoms with E-state index in [1.807, 2.05) is 6.92 Å². The van der Waals surface area contributed by atoms with Gasteiger partial charge in [0.1, 0.15) is 0 Å². The minimum atomic E-state index is -0.392. The van der Waals surface area contributed by atoms with Crippen LogP contribution in [0.3, 0.4) is 0 Å². The second-order valence-electron chi connectivity index (χ2n) is 3.58. The molecule has 0 aliphatic heterocycles. The number of aromatic nitrogens is 4. The summed E-state index contributed by atoms with van der Waals surface area (Å²) in [5.41, 5.74) is 5.16. The number of rotatable bonds is 3. The summed E-state index contributed by atoms with van der Waals surface area (Å²) in [7, 11) is 0. The lowest BCUT2D eigenvalue weighted by Gasteiger charge is -2.00. The molecule has 0 aromatic carbocycles. The first-order chi connectivity index (χ1) is 7.63. The van der Waals surface area contributed by atoms with E-state index in [1.165, 1.54) is 4.57 Å². The summed E-state index contributed by atoms with van der Waals surface area (Å²) in [4.78, 5) is 32.0. The van der Waals surface area contributed by atoms with Crippen molar-refractivity contribution in [2.45, 2.75) is 26.3 Å². The van der Waals surface area contributed by atoms with E-state index in [0.29, 0.717) is 6.54 Å². The number of nitrogens with two attached hydrogens (primary N) is 1. The summed E-state index contributed by atoms with van der Waals surface area (Å²) in [5.74, 6) is 0.00129. The van der Waals surface area contributed by atoms with Crippen LogP contribution in [0.4, 0.5) is 5.95 Å². The SMILES string of the molecule is CCCCn1c(=O)[nH]c2nc(N)[nH]c(=O)c21. The van der Waals surface area contributed by atoms with Gasteiger partial charge in [-0.1, -0.05) is 13.3 Å². The first kappa shape index (κ1) is 10.5. The number of hydrogen-bond acceptors (Lipinski definition) is 4. The summed E-state index contributed by atoms with van der Waals surface area (Å²) in [5, 5.41) is 0. The molecule has 16 heavy (non-hydrogen) atoms. The van der Waals surface area contributed by atoms with Gasteiger partial charge in [-0.25, -0.2) is 4.79 Å². The van der Waals surface area contributed by atoms with Gasteiger partial charge in [0.2, 0.25) is 5.95 Å². The van der Waals surface area contributed by atoms with Gasteiger partial charge in [0.15, 0.2) is 11.2 Å². The van der Waals surface area contributed by atoms with Crippen molar-refractivity contribution in [3.05, 3.63) is 20.8 Å². The van der Waals surface area contributed by atoms with Gasteiger partial charge in [-0.05, 0) is 6.42 Å². The number of hydrogen-bond donors (Lipinski definition) is 3. The van der Waals surface area contributed by atoms with Crippen molar-refractivity contribution in [1.82, 2.24) is 19.5 Å². The van der Waals surface area contributed by atoms with Gasteiger partial charge in [0.25, 0.3) is 5.56 Å². The Morgan fingerprint density at radius 3 is 2.81 bits per heavy atom. The molecular formula is C9H13N5O2. The maximum absolute atomic E-state index is 11.6. The van der Waals surface area contributed by atoms with Crippen molar-refractivity contribution in [3.63, 3.8) is 0 Å². The van der Waals surface area contributed by atoms with Crippen LogP contribution in [0.5, 0.6) is 0 Å². The molecule has 2 aromatic rings. The van der Waals surface area contributed by atoms with Crippen LogP contribution in [-0.2, 0) is 6.54 Å². The number of nitrogens with zero attached hydrogens (tertiary/aromatic N) is 2. The predicted octanol–water partition coefficient (Wildman–Crippen LogP) is -0.205. The Morgan fingerprint density at radius 2 is 2.12 bits per heavy atom. The topological polar surface area (TPSA) is 110 Å². The molecule has 0 fully saturated rings. The Balaban J connectivity index is 2.69. The van der Waals surface area contributed by atoms with Crippen molar-refractivity contribution in [2.24, 2.45) is 0 Å². The lowest BCUT2D eigenvalue weighted by molar-refractivity contribution is 0.628. The average Bonchev–Trinajstić information content (AvgIpc) is 2.51. The number of nitrogen functional groups attached to an aromatic ring is 1. The Bertz CT molecular complexity index is 621. The lowest BCUT2D eigenvalue weighted by Crippen LogP contribution is -2.20. The molecule has 0 amide bonds. The van der Waals surface area contributed by atoms with Crippen molar-refractivity contribution in [2.75, 3.05) is 5.73 Å². The number of fused-ring (bicyclic) bond motifs is 1. The van der Waals surface area contributed by atoms with E-state index in [9.17, 15) is 9.59 Å². The molecule has 86 valence electrons. The third kappa shape index (κ3) is 1.60. The fourth-order valence-electron chi connectivity index (χ4n) is 1.62. The van der Waals surface area contributed by atoms with Gasteiger partial charge < -0.3 is 5.73 Å². The van der Waals surface area contributed by atoms with Crippen molar-refractivity contribution in [1.29, 1.82) is 0 Å². The van der Waals surface area contributed by atoms with Crippen LogP contribution >= 0.6 is 0 Å². The highest BCUT2D eigenvalue weighted by Crippen LogP contribution is 2.03. The van der Waals surface area contributed by atoms with E-state index in [4.69, 9.17) is 5.73 Å². The van der Waals surface area contributed by atoms with Crippen LogP contribution in [0.2, 0.25) is 0 Å². The van der Waals surface area contributed by atoms with Gasteiger partial charge in [-0.15, -0.1) is 0 Å². The summed E-state index contributed by atoms with van der Waals surface area (Å²) in [6.45, 7) is 2.52. The van der Waals surface area contributed by atoms with Gasteiger partial charge in [0.05, 0.1) is 0 Å². The highest BCUT2D eigenvalue weighted by molar-refractivity contribution is 5.70. The third-order valence-corrected chi connectivity index (χ3v) is 2.39. The fourth-order valence-corrected chi connectivity index (χ4v) is 1.62. The van der Waals surface area contributed by atoms with Crippen LogP contribution in [0.15, 0.2) is 9.59 Å². The molecule has 0 spiro atoms. The van der Waals surface area contributed by atoms with E-state index in [0.717, 1.165) is 12.8 Å². The first-order valence-corrected chi connectivity index (χ1v) is 5.11. The molecule has 0 atom stereocenters. The Hall–Kier alpha value is -2.05. The molecule has 2 aromatic heterocycles. The van der Waals surface area contributed by atoms with Crippen LogP contribution < -0.4 is 17.0 Å². The molecule has 7 heteroatoms. The van der Waals surface area contributed by atoms with Crippen molar-refractivity contribution in [3.8, 4) is 0 Å². The molecule has 0 aliphatic carbocycles. The molecule has 2 heterocycles. The van der Waals surface area contributed by atoms with E-state index >= 15 is 0 Å². The maximum atomic E-state index is 11.6. The van der Waals surface area contributed by atoms with Crippen LogP contribution in [0, 0.1) is 0 Å². The van der Waals surface area contributed by atoms with Crippen LogP contribution in [-0.4, -0.2) is 19.5 Å². The second-order valence-corrected chi connectivity index (χ2v) is 3.58. The molecule has 0 radical (unpaired) electrons. The summed E-state index contributed by atoms with van der Waals surface area (Å²) in [6, 6.07) is 0. The smallest absolute Gasteiger partial charge is 0.327 e.